The molecular weight excluding hydrogens is 242 g/mol. The minimum Gasteiger partial charge on any atom is -0.295 e. The number of nitrogens with zero attached hydrogens (tertiary/aromatic N) is 2. The van der Waals surface area contributed by atoms with Gasteiger partial charge in [-0.05, 0) is 12.8 Å². The van der Waals surface area contributed by atoms with Gasteiger partial charge in [-0.15, -0.1) is 0 Å². The number of guanidine groups is 2. The SMILES string of the molecule is N=C(NC(=N)NN1CC=CCC1)NN1CC=CCC1. The van der Waals surface area contributed by atoms with E-state index in [1.165, 1.54) is 0 Å². The highest BCUT2D eigenvalue weighted by Gasteiger charge is 2.10. The fraction of sp³-hybridized carbons (Fsp3) is 0.500. The van der Waals surface area contributed by atoms with Gasteiger partial charge < -0.3 is 0 Å². The highest BCUT2D eigenvalue weighted by atomic mass is 15.6. The first-order valence-corrected chi connectivity index (χ1v) is 6.51. The molecule has 104 valence electrons. The molecule has 0 fully saturated rings. The predicted octanol–water partition coefficient (Wildman–Crippen LogP) is -0.0215. The van der Waals surface area contributed by atoms with Crippen LogP contribution in [0.15, 0.2) is 24.3 Å². The Kier molecular flexibility index (Phi) is 4.93. The second kappa shape index (κ2) is 6.91. The van der Waals surface area contributed by atoms with E-state index in [4.69, 9.17) is 10.8 Å². The Labute approximate surface area is 113 Å². The van der Waals surface area contributed by atoms with E-state index in [0.717, 1.165) is 39.0 Å². The van der Waals surface area contributed by atoms with Crippen molar-refractivity contribution in [3.8, 4) is 0 Å². The lowest BCUT2D eigenvalue weighted by Gasteiger charge is -2.27. The molecule has 2 heterocycles. The van der Waals surface area contributed by atoms with Crippen LogP contribution in [0.25, 0.3) is 0 Å². The Morgan fingerprint density at radius 1 is 0.789 bits per heavy atom. The summed E-state index contributed by atoms with van der Waals surface area (Å²) >= 11 is 0. The number of hydrazine groups is 2. The molecule has 0 bridgehead atoms. The maximum atomic E-state index is 7.77. The van der Waals surface area contributed by atoms with Crippen molar-refractivity contribution in [3.63, 3.8) is 0 Å². The van der Waals surface area contributed by atoms with Crippen molar-refractivity contribution in [1.82, 2.24) is 26.2 Å². The van der Waals surface area contributed by atoms with Crippen LogP contribution >= 0.6 is 0 Å². The van der Waals surface area contributed by atoms with Crippen molar-refractivity contribution < 1.29 is 0 Å². The number of hydrogen-bond donors (Lipinski definition) is 5. The molecule has 0 aromatic heterocycles. The predicted molar refractivity (Wildman–Crippen MR) is 75.5 cm³/mol. The number of hydrogen-bond acceptors (Lipinski definition) is 4. The van der Waals surface area contributed by atoms with Crippen LogP contribution in [-0.4, -0.2) is 48.1 Å². The van der Waals surface area contributed by atoms with Crippen LogP contribution in [0.3, 0.4) is 0 Å². The third kappa shape index (κ3) is 4.72. The fourth-order valence-electron chi connectivity index (χ4n) is 1.98. The molecule has 5 N–H and O–H groups in total. The van der Waals surface area contributed by atoms with Crippen molar-refractivity contribution in [1.29, 1.82) is 10.8 Å². The standard InChI is InChI=1S/C12H21N7/c13-11(16-18-7-3-1-4-8-18)15-12(14)17-19-9-5-2-6-10-19/h1-3,5H,4,6-10H2,(H5,13,14,15,16,17). The van der Waals surface area contributed by atoms with E-state index < -0.39 is 0 Å². The molecule has 0 aliphatic carbocycles. The average Bonchev–Trinajstić information content (AvgIpc) is 2.40. The van der Waals surface area contributed by atoms with Crippen LogP contribution in [0.2, 0.25) is 0 Å². The second-order valence-electron chi connectivity index (χ2n) is 4.51. The van der Waals surface area contributed by atoms with E-state index in [1.807, 2.05) is 10.0 Å². The maximum Gasteiger partial charge on any atom is 0.210 e. The van der Waals surface area contributed by atoms with Gasteiger partial charge in [0.2, 0.25) is 11.9 Å². The Bertz CT molecular complexity index is 352. The molecular formula is C12H21N7. The average molecular weight is 263 g/mol. The van der Waals surface area contributed by atoms with E-state index in [0.29, 0.717) is 0 Å². The van der Waals surface area contributed by atoms with Crippen LogP contribution in [0.5, 0.6) is 0 Å². The van der Waals surface area contributed by atoms with Crippen molar-refractivity contribution in [3.05, 3.63) is 24.3 Å². The van der Waals surface area contributed by atoms with Gasteiger partial charge in [-0.1, -0.05) is 24.3 Å². The summed E-state index contributed by atoms with van der Waals surface area (Å²) in [5.41, 5.74) is 5.86. The second-order valence-corrected chi connectivity index (χ2v) is 4.51. The Morgan fingerprint density at radius 2 is 1.26 bits per heavy atom. The van der Waals surface area contributed by atoms with Crippen molar-refractivity contribution >= 4 is 11.9 Å². The highest BCUT2D eigenvalue weighted by Crippen LogP contribution is 1.97. The summed E-state index contributed by atoms with van der Waals surface area (Å²) in [6, 6.07) is 0. The van der Waals surface area contributed by atoms with E-state index >= 15 is 0 Å². The highest BCUT2D eigenvalue weighted by molar-refractivity contribution is 5.95. The van der Waals surface area contributed by atoms with Crippen LogP contribution in [0.1, 0.15) is 12.8 Å². The minimum absolute atomic E-state index is 0.111. The summed E-state index contributed by atoms with van der Waals surface area (Å²) in [6.45, 7) is 3.31. The molecule has 7 heteroatoms. The topological polar surface area (TPSA) is 90.3 Å². The van der Waals surface area contributed by atoms with Crippen molar-refractivity contribution in [2.24, 2.45) is 0 Å². The fourth-order valence-corrected chi connectivity index (χ4v) is 1.98. The molecule has 0 aromatic rings. The smallest absolute Gasteiger partial charge is 0.210 e. The first-order chi connectivity index (χ1) is 9.24. The molecule has 2 aliphatic rings. The molecule has 19 heavy (non-hydrogen) atoms. The molecule has 0 amide bonds. The zero-order valence-electron chi connectivity index (χ0n) is 10.9. The van der Waals surface area contributed by atoms with Crippen molar-refractivity contribution in [2.75, 3.05) is 26.2 Å². The van der Waals surface area contributed by atoms with E-state index in [9.17, 15) is 0 Å². The summed E-state index contributed by atoms with van der Waals surface area (Å²) in [7, 11) is 0. The van der Waals surface area contributed by atoms with E-state index in [2.05, 4.69) is 40.5 Å². The van der Waals surface area contributed by atoms with Crippen LogP contribution in [0.4, 0.5) is 0 Å². The molecule has 2 rings (SSSR count). The third-order valence-corrected chi connectivity index (χ3v) is 2.91. The molecule has 0 spiro atoms. The molecule has 0 aromatic carbocycles. The lowest BCUT2D eigenvalue weighted by molar-refractivity contribution is 0.249. The van der Waals surface area contributed by atoms with Gasteiger partial charge in [0.15, 0.2) is 0 Å². The third-order valence-electron chi connectivity index (χ3n) is 2.91. The molecule has 0 atom stereocenters. The Morgan fingerprint density at radius 3 is 1.63 bits per heavy atom. The Balaban J connectivity index is 1.67. The largest absolute Gasteiger partial charge is 0.295 e. The quantitative estimate of drug-likeness (QED) is 0.274. The van der Waals surface area contributed by atoms with Crippen molar-refractivity contribution in [2.45, 2.75) is 12.8 Å². The van der Waals surface area contributed by atoms with E-state index in [1.54, 1.807) is 0 Å². The summed E-state index contributed by atoms with van der Waals surface area (Å²) < 4.78 is 0. The maximum absolute atomic E-state index is 7.77. The van der Waals surface area contributed by atoms with Gasteiger partial charge in [0.05, 0.1) is 0 Å². The van der Waals surface area contributed by atoms with Gasteiger partial charge in [0, 0.05) is 26.2 Å². The lowest BCUT2D eigenvalue weighted by Crippen LogP contribution is -2.55. The first kappa shape index (κ1) is 13.6. The molecule has 0 unspecified atom stereocenters. The van der Waals surface area contributed by atoms with Crippen LogP contribution < -0.4 is 16.2 Å². The van der Waals surface area contributed by atoms with Gasteiger partial charge in [0.1, 0.15) is 0 Å². The lowest BCUT2D eigenvalue weighted by atomic mass is 10.3. The summed E-state index contributed by atoms with van der Waals surface area (Å²) in [5, 5.41) is 22.1. The number of nitrogens with one attached hydrogen (secondary N) is 5. The zero-order valence-corrected chi connectivity index (χ0v) is 10.9. The summed E-state index contributed by atoms with van der Waals surface area (Å²) in [5.74, 6) is 0.223. The molecule has 0 radical (unpaired) electrons. The first-order valence-electron chi connectivity index (χ1n) is 6.51. The summed E-state index contributed by atoms with van der Waals surface area (Å²) in [6.07, 6.45) is 10.3. The Hall–Kier alpha value is -1.86. The van der Waals surface area contributed by atoms with Crippen LogP contribution in [0, 0.1) is 10.8 Å². The molecule has 0 saturated heterocycles. The van der Waals surface area contributed by atoms with Gasteiger partial charge in [-0.25, -0.2) is 10.0 Å². The molecule has 7 nitrogen and oxygen atoms in total. The molecule has 0 saturated carbocycles. The zero-order chi connectivity index (χ0) is 13.5. The van der Waals surface area contributed by atoms with Gasteiger partial charge in [-0.2, -0.15) is 0 Å². The van der Waals surface area contributed by atoms with Crippen LogP contribution in [-0.2, 0) is 0 Å². The monoisotopic (exact) mass is 263 g/mol. The van der Waals surface area contributed by atoms with Gasteiger partial charge in [0.25, 0.3) is 0 Å². The van der Waals surface area contributed by atoms with E-state index in [-0.39, 0.29) is 11.9 Å². The van der Waals surface area contributed by atoms with Gasteiger partial charge in [-0.3, -0.25) is 27.0 Å². The summed E-state index contributed by atoms with van der Waals surface area (Å²) in [4.78, 5) is 0. The normalized spacial score (nSPS) is 20.0. The molecule has 2 aliphatic heterocycles. The van der Waals surface area contributed by atoms with Gasteiger partial charge >= 0.3 is 0 Å². The minimum atomic E-state index is 0.111. The number of rotatable bonds is 2.